The molecule has 0 radical (unpaired) electrons. The number of carbonyl (C=O) groups excluding carboxylic acids is 1. The van der Waals surface area contributed by atoms with Gasteiger partial charge in [0.05, 0.1) is 22.3 Å². The first-order valence-electron chi connectivity index (χ1n) is 7.06. The molecule has 0 bridgehead atoms. The quantitative estimate of drug-likeness (QED) is 0.790. The van der Waals surface area contributed by atoms with Crippen LogP contribution in [-0.4, -0.2) is 40.6 Å². The summed E-state index contributed by atoms with van der Waals surface area (Å²) < 4.78 is 13.6. The van der Waals surface area contributed by atoms with Gasteiger partial charge in [-0.3, -0.25) is 9.48 Å². The number of nitrogens with one attached hydrogen (secondary N) is 1. The molecule has 0 saturated carbocycles. The second-order valence-electron chi connectivity index (χ2n) is 6.64. The maximum Gasteiger partial charge on any atom is 0.518 e. The van der Waals surface area contributed by atoms with Gasteiger partial charge in [-0.15, -0.1) is 0 Å². The van der Waals surface area contributed by atoms with Crippen LogP contribution in [0.2, 0.25) is 5.02 Å². The van der Waals surface area contributed by atoms with Crippen LogP contribution in [0.5, 0.6) is 0 Å². The number of rotatable bonds is 1. The van der Waals surface area contributed by atoms with Crippen molar-refractivity contribution in [3.05, 3.63) is 10.7 Å². The van der Waals surface area contributed by atoms with Crippen LogP contribution >= 0.6 is 11.6 Å². The molecule has 3 rings (SSSR count). The highest BCUT2D eigenvalue weighted by Gasteiger charge is 2.54. The predicted octanol–water partition coefficient (Wildman–Crippen LogP) is 1.14. The van der Waals surface area contributed by atoms with Crippen LogP contribution in [0.3, 0.4) is 0 Å². The molecule has 0 spiro atoms. The summed E-state index contributed by atoms with van der Waals surface area (Å²) in [6, 6.07) is 0.0476. The maximum absolute atomic E-state index is 12.0. The van der Waals surface area contributed by atoms with Crippen LogP contribution in [0.25, 0.3) is 0 Å². The molecule has 0 aromatic carbocycles. The van der Waals surface area contributed by atoms with E-state index >= 15 is 0 Å². The Balaban J connectivity index is 2.02. The van der Waals surface area contributed by atoms with Crippen molar-refractivity contribution >= 4 is 30.2 Å². The Bertz CT molecular complexity index is 598. The minimum absolute atomic E-state index is 0.0476. The van der Waals surface area contributed by atoms with Crippen molar-refractivity contribution in [3.63, 3.8) is 0 Å². The van der Waals surface area contributed by atoms with Gasteiger partial charge >= 0.3 is 7.12 Å². The zero-order valence-corrected chi connectivity index (χ0v) is 13.6. The van der Waals surface area contributed by atoms with Gasteiger partial charge in [0.1, 0.15) is 11.3 Å². The van der Waals surface area contributed by atoms with E-state index in [0.717, 1.165) is 0 Å². The Kier molecular flexibility index (Phi) is 3.17. The first kappa shape index (κ1) is 14.9. The number of hydrogen-bond acceptors (Lipinski definition) is 4. The Hall–Kier alpha value is -1.05. The zero-order valence-electron chi connectivity index (χ0n) is 12.9. The molecule has 2 aliphatic heterocycles. The van der Waals surface area contributed by atoms with Crippen molar-refractivity contribution in [2.24, 2.45) is 0 Å². The predicted molar refractivity (Wildman–Crippen MR) is 80.0 cm³/mol. The summed E-state index contributed by atoms with van der Waals surface area (Å²) in [7, 11) is -0.666. The largest absolute Gasteiger partial charge is 0.518 e. The average molecular weight is 312 g/mol. The first-order valence-corrected chi connectivity index (χ1v) is 7.43. The molecule has 8 heteroatoms. The van der Waals surface area contributed by atoms with E-state index in [1.165, 1.54) is 0 Å². The lowest BCUT2D eigenvalue weighted by molar-refractivity contribution is 0.00578. The Morgan fingerprint density at radius 1 is 1.33 bits per heavy atom. The number of fused-ring (bicyclic) bond motifs is 1. The molecule has 6 nitrogen and oxygen atoms in total. The average Bonchev–Trinajstić information content (AvgIpc) is 2.81. The summed E-state index contributed by atoms with van der Waals surface area (Å²) >= 11 is 6.36. The van der Waals surface area contributed by atoms with E-state index in [1.807, 2.05) is 34.6 Å². The molecule has 0 unspecified atom stereocenters. The number of amides is 1. The summed E-state index contributed by atoms with van der Waals surface area (Å²) in [5.41, 5.74) is -0.104. The molecule has 0 aliphatic carbocycles. The molecule has 1 saturated heterocycles. The molecule has 1 aromatic heterocycles. The van der Waals surface area contributed by atoms with E-state index in [2.05, 4.69) is 10.4 Å². The van der Waals surface area contributed by atoms with E-state index in [-0.39, 0.29) is 11.9 Å². The van der Waals surface area contributed by atoms with Gasteiger partial charge in [-0.05, 0) is 34.6 Å². The molecule has 1 N–H and O–H groups in total. The van der Waals surface area contributed by atoms with Crippen molar-refractivity contribution in [2.75, 3.05) is 6.54 Å². The lowest BCUT2D eigenvalue weighted by Crippen LogP contribution is -2.41. The molecular formula is C13H19BClN3O3. The number of carbonyl (C=O) groups is 1. The van der Waals surface area contributed by atoms with E-state index in [4.69, 9.17) is 20.9 Å². The third kappa shape index (κ3) is 2.10. The topological polar surface area (TPSA) is 65.4 Å². The van der Waals surface area contributed by atoms with Crippen molar-refractivity contribution in [3.8, 4) is 0 Å². The van der Waals surface area contributed by atoms with Gasteiger partial charge < -0.3 is 14.6 Å². The lowest BCUT2D eigenvalue weighted by atomic mass is 9.84. The van der Waals surface area contributed by atoms with Gasteiger partial charge in [0.2, 0.25) is 0 Å². The molecule has 3 heterocycles. The molecule has 114 valence electrons. The molecular weight excluding hydrogens is 292 g/mol. The van der Waals surface area contributed by atoms with E-state index in [0.29, 0.717) is 22.9 Å². The van der Waals surface area contributed by atoms with Crippen LogP contribution in [0, 0.1) is 0 Å². The Labute approximate surface area is 129 Å². The molecule has 2 aliphatic rings. The van der Waals surface area contributed by atoms with E-state index in [9.17, 15) is 4.79 Å². The normalized spacial score (nSPS) is 26.7. The van der Waals surface area contributed by atoms with Crippen LogP contribution in [0.4, 0.5) is 0 Å². The third-order valence-electron chi connectivity index (χ3n) is 4.54. The maximum atomic E-state index is 12.0. The fraction of sp³-hybridized carbons (Fsp3) is 0.692. The third-order valence-corrected chi connectivity index (χ3v) is 4.92. The SMILES string of the molecule is C[C@@H]1CNC(=O)c2c(Cl)c(B3OC(C)(C)C(C)(C)O3)nn21. The van der Waals surface area contributed by atoms with Gasteiger partial charge in [-0.2, -0.15) is 5.10 Å². The van der Waals surface area contributed by atoms with Gasteiger partial charge in [0, 0.05) is 6.54 Å². The van der Waals surface area contributed by atoms with Gasteiger partial charge in [0.15, 0.2) is 0 Å². The second-order valence-corrected chi connectivity index (χ2v) is 7.02. The summed E-state index contributed by atoms with van der Waals surface area (Å²) in [5.74, 6) is -0.214. The highest BCUT2D eigenvalue weighted by molar-refractivity contribution is 6.65. The molecule has 1 amide bonds. The highest BCUT2D eigenvalue weighted by Crippen LogP contribution is 2.37. The van der Waals surface area contributed by atoms with Crippen LogP contribution in [0.15, 0.2) is 0 Å². The van der Waals surface area contributed by atoms with Crippen molar-refractivity contribution in [2.45, 2.75) is 51.9 Å². The summed E-state index contributed by atoms with van der Waals surface area (Å²) in [6.45, 7) is 10.4. The fourth-order valence-electron chi connectivity index (χ4n) is 2.47. The summed E-state index contributed by atoms with van der Waals surface area (Å²) in [5, 5.41) is 7.57. The van der Waals surface area contributed by atoms with Crippen LogP contribution < -0.4 is 10.9 Å². The summed E-state index contributed by atoms with van der Waals surface area (Å²) in [6.07, 6.45) is 0. The van der Waals surface area contributed by atoms with Crippen LogP contribution in [0.1, 0.15) is 51.1 Å². The van der Waals surface area contributed by atoms with Crippen LogP contribution in [-0.2, 0) is 9.31 Å². The van der Waals surface area contributed by atoms with Crippen molar-refractivity contribution < 1.29 is 14.1 Å². The van der Waals surface area contributed by atoms with Crippen molar-refractivity contribution in [1.82, 2.24) is 15.1 Å². The molecule has 21 heavy (non-hydrogen) atoms. The second kappa shape index (κ2) is 4.47. The molecule has 1 aromatic rings. The van der Waals surface area contributed by atoms with Crippen molar-refractivity contribution in [1.29, 1.82) is 0 Å². The molecule has 1 atom stereocenters. The summed E-state index contributed by atoms with van der Waals surface area (Å²) in [4.78, 5) is 12.0. The standard InChI is InChI=1S/C13H19BClN3O3/c1-7-6-16-11(19)9-8(15)10(17-18(7)9)14-20-12(2,3)13(4,5)21-14/h7H,6H2,1-5H3,(H,16,19)/t7-/m1/s1. The van der Waals surface area contributed by atoms with E-state index < -0.39 is 18.3 Å². The number of halogens is 1. The smallest absolute Gasteiger partial charge is 0.398 e. The Morgan fingerprint density at radius 3 is 2.43 bits per heavy atom. The Morgan fingerprint density at radius 2 is 1.90 bits per heavy atom. The fourth-order valence-corrected chi connectivity index (χ4v) is 2.77. The number of nitrogens with zero attached hydrogens (tertiary/aromatic N) is 2. The monoisotopic (exact) mass is 311 g/mol. The molecule has 1 fully saturated rings. The van der Waals surface area contributed by atoms with Gasteiger partial charge in [-0.25, -0.2) is 0 Å². The van der Waals surface area contributed by atoms with Gasteiger partial charge in [-0.1, -0.05) is 11.6 Å². The zero-order chi connectivity index (χ0) is 15.6. The van der Waals surface area contributed by atoms with Gasteiger partial charge in [0.25, 0.3) is 5.91 Å². The number of hydrogen-bond donors (Lipinski definition) is 1. The highest BCUT2D eigenvalue weighted by atomic mass is 35.5. The minimum atomic E-state index is -0.666. The number of aromatic nitrogens is 2. The van der Waals surface area contributed by atoms with E-state index in [1.54, 1.807) is 4.68 Å². The minimum Gasteiger partial charge on any atom is -0.398 e. The lowest BCUT2D eigenvalue weighted by Gasteiger charge is -2.32. The first-order chi connectivity index (χ1) is 9.64.